The highest BCUT2D eigenvalue weighted by Crippen LogP contribution is 2.36. The maximum absolute atomic E-state index is 12.1. The van der Waals surface area contributed by atoms with Crippen LogP contribution in [0.5, 0.6) is 0 Å². The maximum Gasteiger partial charge on any atom is 0.325 e. The van der Waals surface area contributed by atoms with Crippen molar-refractivity contribution in [1.29, 1.82) is 0 Å². The monoisotopic (exact) mass is 346 g/mol. The number of carboxylic acids is 1. The molecule has 9 heteroatoms. The van der Waals surface area contributed by atoms with Gasteiger partial charge in [-0.15, -0.1) is 11.8 Å². The molecule has 1 aliphatic heterocycles. The van der Waals surface area contributed by atoms with Gasteiger partial charge < -0.3 is 15.7 Å². The van der Waals surface area contributed by atoms with E-state index in [2.05, 4.69) is 15.7 Å². The molecule has 0 bridgehead atoms. The lowest BCUT2D eigenvalue weighted by molar-refractivity contribution is -0.137. The summed E-state index contributed by atoms with van der Waals surface area (Å²) in [6.45, 7) is -0.284. The summed E-state index contributed by atoms with van der Waals surface area (Å²) in [5.74, 6) is -1.35. The van der Waals surface area contributed by atoms with Crippen LogP contribution in [-0.4, -0.2) is 37.9 Å². The molecule has 2 aromatic rings. The summed E-state index contributed by atoms with van der Waals surface area (Å²) in [5.41, 5.74) is 0.747. The number of rotatable bonds is 5. The SMILES string of the molecule is O=C(O)Cn1ccc(NC(=O)C[C@@H]2Sc3ccccc3NC2=O)n1. The van der Waals surface area contributed by atoms with Crippen LogP contribution in [0.25, 0.3) is 0 Å². The molecule has 2 amide bonds. The molecule has 2 heterocycles. The normalized spacial score (nSPS) is 16.2. The van der Waals surface area contributed by atoms with E-state index in [1.165, 1.54) is 28.7 Å². The largest absolute Gasteiger partial charge is 0.480 e. The molecule has 0 fully saturated rings. The van der Waals surface area contributed by atoms with Gasteiger partial charge in [0.25, 0.3) is 0 Å². The number of anilines is 2. The van der Waals surface area contributed by atoms with Crippen molar-refractivity contribution in [3.63, 3.8) is 0 Å². The summed E-state index contributed by atoms with van der Waals surface area (Å²) < 4.78 is 1.20. The van der Waals surface area contributed by atoms with Crippen LogP contribution in [0, 0.1) is 0 Å². The Morgan fingerprint density at radius 1 is 1.33 bits per heavy atom. The topological polar surface area (TPSA) is 113 Å². The van der Waals surface area contributed by atoms with Gasteiger partial charge in [0.2, 0.25) is 11.8 Å². The molecule has 1 aliphatic rings. The Hall–Kier alpha value is -2.81. The van der Waals surface area contributed by atoms with E-state index in [0.717, 1.165) is 10.6 Å². The molecule has 8 nitrogen and oxygen atoms in total. The van der Waals surface area contributed by atoms with Crippen LogP contribution < -0.4 is 10.6 Å². The predicted molar refractivity (Wildman–Crippen MR) is 87.8 cm³/mol. The molecular weight excluding hydrogens is 332 g/mol. The molecule has 24 heavy (non-hydrogen) atoms. The lowest BCUT2D eigenvalue weighted by Gasteiger charge is -2.23. The van der Waals surface area contributed by atoms with Gasteiger partial charge in [-0.3, -0.25) is 19.1 Å². The van der Waals surface area contributed by atoms with E-state index in [-0.39, 0.29) is 30.6 Å². The molecule has 0 spiro atoms. The molecule has 3 N–H and O–H groups in total. The molecular formula is C15H14N4O4S. The molecule has 1 aromatic carbocycles. The van der Waals surface area contributed by atoms with E-state index in [4.69, 9.17) is 5.11 Å². The Morgan fingerprint density at radius 3 is 2.92 bits per heavy atom. The van der Waals surface area contributed by atoms with E-state index in [9.17, 15) is 14.4 Å². The smallest absolute Gasteiger partial charge is 0.325 e. The summed E-state index contributed by atoms with van der Waals surface area (Å²) in [4.78, 5) is 35.7. The van der Waals surface area contributed by atoms with Gasteiger partial charge >= 0.3 is 5.97 Å². The van der Waals surface area contributed by atoms with Crippen molar-refractivity contribution in [2.75, 3.05) is 10.6 Å². The number of thioether (sulfide) groups is 1. The number of carbonyl (C=O) groups is 3. The second kappa shape index (κ2) is 6.75. The minimum atomic E-state index is -1.02. The third-order valence-electron chi connectivity index (χ3n) is 3.28. The number of carbonyl (C=O) groups excluding carboxylic acids is 2. The van der Waals surface area contributed by atoms with Crippen LogP contribution in [0.15, 0.2) is 41.4 Å². The Morgan fingerprint density at radius 2 is 2.12 bits per heavy atom. The fraction of sp³-hybridized carbons (Fsp3) is 0.200. The minimum absolute atomic E-state index is 0.00335. The summed E-state index contributed by atoms with van der Waals surface area (Å²) in [6, 6.07) is 8.91. The van der Waals surface area contributed by atoms with Crippen LogP contribution >= 0.6 is 11.8 Å². The van der Waals surface area contributed by atoms with Gasteiger partial charge in [-0.1, -0.05) is 12.1 Å². The van der Waals surface area contributed by atoms with Crippen molar-refractivity contribution >= 4 is 41.1 Å². The summed E-state index contributed by atoms with van der Waals surface area (Å²) in [5, 5.41) is 17.4. The number of aliphatic carboxylic acids is 1. The molecule has 1 aromatic heterocycles. The van der Waals surface area contributed by atoms with Crippen LogP contribution in [0.4, 0.5) is 11.5 Å². The first-order valence-electron chi connectivity index (χ1n) is 7.13. The van der Waals surface area contributed by atoms with E-state index in [1.807, 2.05) is 24.3 Å². The second-order valence-corrected chi connectivity index (χ2v) is 6.38. The van der Waals surface area contributed by atoms with Crippen LogP contribution in [0.2, 0.25) is 0 Å². The number of fused-ring (bicyclic) bond motifs is 1. The number of nitrogens with one attached hydrogen (secondary N) is 2. The molecule has 1 atom stereocenters. The Balaban J connectivity index is 1.60. The molecule has 0 saturated heterocycles. The van der Waals surface area contributed by atoms with Crippen LogP contribution in [0.1, 0.15) is 6.42 Å². The summed E-state index contributed by atoms with van der Waals surface area (Å²) >= 11 is 1.34. The number of para-hydroxylation sites is 1. The zero-order chi connectivity index (χ0) is 17.1. The number of hydrogen-bond acceptors (Lipinski definition) is 5. The predicted octanol–water partition coefficient (Wildman–Crippen LogP) is 1.41. The van der Waals surface area contributed by atoms with Crippen LogP contribution in [0.3, 0.4) is 0 Å². The number of carboxylic acid groups (broad SMARTS) is 1. The standard InChI is InChI=1S/C15H14N4O4S/c20-13(17-12-5-6-19(18-12)8-14(21)22)7-11-15(23)16-9-3-1-2-4-10(9)24-11/h1-6,11H,7-8H2,(H,16,23)(H,21,22)(H,17,18,20)/t11-/m0/s1. The lowest BCUT2D eigenvalue weighted by Crippen LogP contribution is -2.32. The average Bonchev–Trinajstić information content (AvgIpc) is 2.94. The van der Waals surface area contributed by atoms with Gasteiger partial charge in [0.15, 0.2) is 5.82 Å². The fourth-order valence-electron chi connectivity index (χ4n) is 2.24. The zero-order valence-electron chi connectivity index (χ0n) is 12.4. The third-order valence-corrected chi connectivity index (χ3v) is 4.56. The Bertz CT molecular complexity index is 804. The highest BCUT2D eigenvalue weighted by molar-refractivity contribution is 8.01. The quantitative estimate of drug-likeness (QED) is 0.754. The zero-order valence-corrected chi connectivity index (χ0v) is 13.2. The van der Waals surface area contributed by atoms with Crippen molar-refractivity contribution in [3.8, 4) is 0 Å². The van der Waals surface area contributed by atoms with Crippen molar-refractivity contribution in [2.45, 2.75) is 23.1 Å². The second-order valence-electron chi connectivity index (χ2n) is 5.14. The fourth-order valence-corrected chi connectivity index (χ4v) is 3.35. The first-order valence-corrected chi connectivity index (χ1v) is 8.01. The molecule has 0 radical (unpaired) electrons. The van der Waals surface area contributed by atoms with Gasteiger partial charge in [-0.2, -0.15) is 5.10 Å². The van der Waals surface area contributed by atoms with Gasteiger partial charge in [0.05, 0.1) is 10.9 Å². The third kappa shape index (κ3) is 3.74. The van der Waals surface area contributed by atoms with E-state index < -0.39 is 11.2 Å². The Kier molecular flexibility index (Phi) is 4.52. The first-order chi connectivity index (χ1) is 11.5. The number of aromatic nitrogens is 2. The number of benzene rings is 1. The average molecular weight is 346 g/mol. The molecule has 3 rings (SSSR count). The number of nitrogens with zero attached hydrogens (tertiary/aromatic N) is 2. The van der Waals surface area contributed by atoms with Gasteiger partial charge in [-0.05, 0) is 12.1 Å². The van der Waals surface area contributed by atoms with Gasteiger partial charge in [0, 0.05) is 23.6 Å². The highest BCUT2D eigenvalue weighted by atomic mass is 32.2. The minimum Gasteiger partial charge on any atom is -0.480 e. The van der Waals surface area contributed by atoms with Crippen molar-refractivity contribution < 1.29 is 19.5 Å². The molecule has 0 saturated carbocycles. The van der Waals surface area contributed by atoms with Crippen molar-refractivity contribution in [3.05, 3.63) is 36.5 Å². The lowest BCUT2D eigenvalue weighted by atomic mass is 10.2. The molecule has 124 valence electrons. The summed E-state index contributed by atoms with van der Waals surface area (Å²) in [6.07, 6.45) is 1.46. The maximum atomic E-state index is 12.1. The van der Waals surface area contributed by atoms with E-state index in [0.29, 0.717) is 0 Å². The first kappa shape index (κ1) is 16.1. The van der Waals surface area contributed by atoms with E-state index >= 15 is 0 Å². The molecule has 0 aliphatic carbocycles. The Labute approximate surface area is 141 Å². The van der Waals surface area contributed by atoms with Crippen LogP contribution in [-0.2, 0) is 20.9 Å². The van der Waals surface area contributed by atoms with E-state index in [1.54, 1.807) is 0 Å². The highest BCUT2D eigenvalue weighted by Gasteiger charge is 2.28. The number of amides is 2. The number of hydrogen-bond donors (Lipinski definition) is 3. The summed E-state index contributed by atoms with van der Waals surface area (Å²) in [7, 11) is 0. The van der Waals surface area contributed by atoms with Crippen molar-refractivity contribution in [2.24, 2.45) is 0 Å². The van der Waals surface area contributed by atoms with Gasteiger partial charge in [0.1, 0.15) is 6.54 Å². The van der Waals surface area contributed by atoms with Crippen molar-refractivity contribution in [1.82, 2.24) is 9.78 Å². The van der Waals surface area contributed by atoms with Gasteiger partial charge in [-0.25, -0.2) is 0 Å². The molecule has 0 unspecified atom stereocenters.